The van der Waals surface area contributed by atoms with Crippen LogP contribution in [-0.2, 0) is 0 Å². The Morgan fingerprint density at radius 1 is 1.41 bits per heavy atom. The van der Waals surface area contributed by atoms with Crippen molar-refractivity contribution in [3.05, 3.63) is 36.4 Å². The van der Waals surface area contributed by atoms with Crippen molar-refractivity contribution in [3.8, 4) is 11.5 Å². The summed E-state index contributed by atoms with van der Waals surface area (Å²) in [5.41, 5.74) is 3.62. The van der Waals surface area contributed by atoms with E-state index < -0.39 is 0 Å². The summed E-state index contributed by atoms with van der Waals surface area (Å²) in [7, 11) is 1.62. The molecule has 1 aromatic carbocycles. The molecule has 120 valence electrons. The van der Waals surface area contributed by atoms with Gasteiger partial charge in [0.1, 0.15) is 0 Å². The van der Waals surface area contributed by atoms with Gasteiger partial charge in [0.05, 0.1) is 19.9 Å². The molecule has 0 aliphatic rings. The zero-order valence-electron chi connectivity index (χ0n) is 13.1. The van der Waals surface area contributed by atoms with E-state index in [2.05, 4.69) is 29.3 Å². The van der Waals surface area contributed by atoms with Crippen LogP contribution in [0.15, 0.2) is 36.0 Å². The number of nitrogens with zero attached hydrogens (tertiary/aromatic N) is 1. The Labute approximate surface area is 137 Å². The fraction of sp³-hybridized carbons (Fsp3) is 0.375. The summed E-state index contributed by atoms with van der Waals surface area (Å²) < 4.78 is 11.0. The number of rotatable bonds is 9. The Kier molecular flexibility index (Phi) is 8.67. The quantitative estimate of drug-likeness (QED) is 0.241. The van der Waals surface area contributed by atoms with Crippen LogP contribution in [0, 0.1) is 0 Å². The number of benzene rings is 1. The first-order chi connectivity index (χ1) is 10.7. The average molecular weight is 321 g/mol. The van der Waals surface area contributed by atoms with Gasteiger partial charge in [-0.3, -0.25) is 5.43 Å². The molecule has 0 saturated carbocycles. The predicted octanol–water partition coefficient (Wildman–Crippen LogP) is 2.86. The molecule has 2 N–H and O–H groups in total. The molecule has 0 unspecified atom stereocenters. The SMILES string of the molecule is C=CCNC(=S)NN=Cc1ccc(OCCCC)c(OC)c1. The van der Waals surface area contributed by atoms with Crippen LogP contribution in [-0.4, -0.2) is 31.6 Å². The van der Waals surface area contributed by atoms with Crippen molar-refractivity contribution in [1.82, 2.24) is 10.7 Å². The molecule has 1 rings (SSSR count). The molecule has 0 aliphatic heterocycles. The van der Waals surface area contributed by atoms with Gasteiger partial charge in [-0.25, -0.2) is 0 Å². The van der Waals surface area contributed by atoms with Gasteiger partial charge in [0.15, 0.2) is 16.6 Å². The maximum atomic E-state index is 5.69. The van der Waals surface area contributed by atoms with Crippen LogP contribution in [0.2, 0.25) is 0 Å². The van der Waals surface area contributed by atoms with E-state index in [4.69, 9.17) is 21.7 Å². The van der Waals surface area contributed by atoms with Crippen molar-refractivity contribution >= 4 is 23.5 Å². The third-order valence-corrected chi connectivity index (χ3v) is 2.97. The second-order valence-electron chi connectivity index (χ2n) is 4.48. The number of unbranched alkanes of at least 4 members (excludes halogenated alkanes) is 1. The lowest BCUT2D eigenvalue weighted by Gasteiger charge is -2.10. The summed E-state index contributed by atoms with van der Waals surface area (Å²) >= 11 is 5.04. The molecule has 1 aromatic rings. The van der Waals surface area contributed by atoms with Gasteiger partial charge in [0.25, 0.3) is 0 Å². The predicted molar refractivity (Wildman–Crippen MR) is 94.9 cm³/mol. The van der Waals surface area contributed by atoms with Gasteiger partial charge >= 0.3 is 0 Å². The van der Waals surface area contributed by atoms with Crippen LogP contribution in [0.5, 0.6) is 11.5 Å². The Hall–Kier alpha value is -2.08. The number of thiocarbonyl (C=S) groups is 1. The summed E-state index contributed by atoms with van der Waals surface area (Å²) in [6.07, 6.45) is 5.50. The van der Waals surface area contributed by atoms with Crippen LogP contribution in [0.3, 0.4) is 0 Å². The normalized spacial score (nSPS) is 10.3. The van der Waals surface area contributed by atoms with Crippen molar-refractivity contribution in [2.75, 3.05) is 20.3 Å². The third-order valence-electron chi connectivity index (χ3n) is 2.73. The number of hydrogen-bond donors (Lipinski definition) is 2. The maximum Gasteiger partial charge on any atom is 0.187 e. The zero-order valence-corrected chi connectivity index (χ0v) is 13.9. The molecule has 0 aliphatic carbocycles. The molecule has 0 heterocycles. The van der Waals surface area contributed by atoms with Crippen molar-refractivity contribution in [1.29, 1.82) is 0 Å². The minimum absolute atomic E-state index is 0.447. The van der Waals surface area contributed by atoms with Gasteiger partial charge in [-0.15, -0.1) is 6.58 Å². The summed E-state index contributed by atoms with van der Waals surface area (Å²) in [5.74, 6) is 1.43. The molecule has 0 radical (unpaired) electrons. The Morgan fingerprint density at radius 3 is 2.91 bits per heavy atom. The second-order valence-corrected chi connectivity index (χ2v) is 4.89. The Balaban J connectivity index is 2.60. The molecule has 0 aromatic heterocycles. The first kappa shape index (κ1) is 18.0. The highest BCUT2D eigenvalue weighted by atomic mass is 32.1. The topological polar surface area (TPSA) is 54.9 Å². The highest BCUT2D eigenvalue weighted by Crippen LogP contribution is 2.27. The zero-order chi connectivity index (χ0) is 16.2. The summed E-state index contributed by atoms with van der Waals surface area (Å²) in [6.45, 7) is 7.01. The largest absolute Gasteiger partial charge is 0.493 e. The Morgan fingerprint density at radius 2 is 2.23 bits per heavy atom. The van der Waals surface area contributed by atoms with Gasteiger partial charge in [-0.2, -0.15) is 5.10 Å². The van der Waals surface area contributed by atoms with E-state index in [-0.39, 0.29) is 0 Å². The molecule has 0 fully saturated rings. The van der Waals surface area contributed by atoms with E-state index in [0.717, 1.165) is 24.2 Å². The first-order valence-electron chi connectivity index (χ1n) is 7.19. The van der Waals surface area contributed by atoms with Crippen LogP contribution in [0.25, 0.3) is 0 Å². The monoisotopic (exact) mass is 321 g/mol. The van der Waals surface area contributed by atoms with E-state index >= 15 is 0 Å². The van der Waals surface area contributed by atoms with Crippen molar-refractivity contribution in [2.24, 2.45) is 5.10 Å². The molecule has 6 heteroatoms. The summed E-state index contributed by atoms with van der Waals surface area (Å²) in [4.78, 5) is 0. The van der Waals surface area contributed by atoms with E-state index in [9.17, 15) is 0 Å². The van der Waals surface area contributed by atoms with E-state index in [1.807, 2.05) is 18.2 Å². The van der Waals surface area contributed by atoms with Crippen LogP contribution in [0.1, 0.15) is 25.3 Å². The molecule has 0 spiro atoms. The number of ether oxygens (including phenoxy) is 2. The van der Waals surface area contributed by atoms with Gasteiger partial charge in [0.2, 0.25) is 0 Å². The molecular formula is C16H23N3O2S. The molecular weight excluding hydrogens is 298 g/mol. The van der Waals surface area contributed by atoms with Gasteiger partial charge in [-0.1, -0.05) is 19.4 Å². The highest BCUT2D eigenvalue weighted by Gasteiger charge is 2.04. The van der Waals surface area contributed by atoms with Gasteiger partial charge in [-0.05, 0) is 42.4 Å². The maximum absolute atomic E-state index is 5.69. The minimum Gasteiger partial charge on any atom is -0.493 e. The molecule has 0 atom stereocenters. The average Bonchev–Trinajstić information content (AvgIpc) is 2.54. The molecule has 22 heavy (non-hydrogen) atoms. The number of hydrazone groups is 1. The van der Waals surface area contributed by atoms with Crippen LogP contribution >= 0.6 is 12.2 Å². The fourth-order valence-electron chi connectivity index (χ4n) is 1.58. The van der Waals surface area contributed by atoms with Gasteiger partial charge < -0.3 is 14.8 Å². The van der Waals surface area contributed by atoms with Crippen LogP contribution in [0.4, 0.5) is 0 Å². The van der Waals surface area contributed by atoms with Crippen LogP contribution < -0.4 is 20.2 Å². The smallest absolute Gasteiger partial charge is 0.187 e. The van der Waals surface area contributed by atoms with Crippen molar-refractivity contribution in [2.45, 2.75) is 19.8 Å². The summed E-state index contributed by atoms with van der Waals surface area (Å²) in [5, 5.41) is 7.44. The van der Waals surface area contributed by atoms with E-state index in [1.54, 1.807) is 19.4 Å². The minimum atomic E-state index is 0.447. The molecule has 0 bridgehead atoms. The fourth-order valence-corrected chi connectivity index (χ4v) is 1.72. The second kappa shape index (κ2) is 10.6. The van der Waals surface area contributed by atoms with E-state index in [0.29, 0.717) is 24.0 Å². The van der Waals surface area contributed by atoms with E-state index in [1.165, 1.54) is 0 Å². The molecule has 0 saturated heterocycles. The number of hydrogen-bond acceptors (Lipinski definition) is 4. The number of nitrogens with one attached hydrogen (secondary N) is 2. The van der Waals surface area contributed by atoms with Crippen molar-refractivity contribution < 1.29 is 9.47 Å². The lowest BCUT2D eigenvalue weighted by Crippen LogP contribution is -2.31. The molecule has 5 nitrogen and oxygen atoms in total. The van der Waals surface area contributed by atoms with Crippen molar-refractivity contribution in [3.63, 3.8) is 0 Å². The lowest BCUT2D eigenvalue weighted by molar-refractivity contribution is 0.288. The van der Waals surface area contributed by atoms with Gasteiger partial charge in [0, 0.05) is 6.54 Å². The first-order valence-corrected chi connectivity index (χ1v) is 7.60. The lowest BCUT2D eigenvalue weighted by atomic mass is 10.2. The Bertz CT molecular complexity index is 518. The molecule has 0 amide bonds. The summed E-state index contributed by atoms with van der Waals surface area (Å²) in [6, 6.07) is 5.66. The standard InChI is InChI=1S/C16H23N3O2S/c1-4-6-10-21-14-8-7-13(11-15(14)20-3)12-18-19-16(22)17-9-5-2/h5,7-8,11-12H,2,4,6,9-10H2,1,3H3,(H2,17,19,22). The third kappa shape index (κ3) is 6.58. The highest BCUT2D eigenvalue weighted by molar-refractivity contribution is 7.80. The number of methoxy groups -OCH3 is 1.